The largest absolute Gasteiger partial charge is 0.481 e. The minimum absolute atomic E-state index is 0.000657. The molecule has 1 heterocycles. The van der Waals surface area contributed by atoms with E-state index in [-0.39, 0.29) is 6.42 Å². The number of aliphatic carboxylic acids is 1. The molecule has 0 amide bonds. The summed E-state index contributed by atoms with van der Waals surface area (Å²) in [4.78, 5) is 17.4. The molecule has 0 atom stereocenters. The quantitative estimate of drug-likeness (QED) is 0.899. The summed E-state index contributed by atoms with van der Waals surface area (Å²) in [5, 5.41) is 9.93. The molecule has 1 aromatic heterocycles. The topological polar surface area (TPSA) is 53.4 Å². The average molecular weight is 244 g/mol. The summed E-state index contributed by atoms with van der Waals surface area (Å²) in [6.45, 7) is 1.92. The lowest BCUT2D eigenvalue weighted by molar-refractivity contribution is -0.136. The second kappa shape index (κ2) is 4.64. The van der Waals surface area contributed by atoms with Gasteiger partial charge < -0.3 is 10.0 Å². The Kier molecular flexibility index (Phi) is 3.19. The summed E-state index contributed by atoms with van der Waals surface area (Å²) >= 11 is 0. The molecule has 2 rings (SSSR count). The summed E-state index contributed by atoms with van der Waals surface area (Å²) in [7, 11) is 3.94. The molecule has 0 aliphatic rings. The number of rotatable bonds is 3. The molecule has 0 aliphatic heterocycles. The number of carboxylic acids is 1. The van der Waals surface area contributed by atoms with Crippen LogP contribution >= 0.6 is 0 Å². The monoisotopic (exact) mass is 244 g/mol. The standard InChI is InChI=1S/C14H16N2O2/c1-9-7-12(16(2)3)11-6-4-5-10(8-13(17)18)14(11)15-9/h4-7H,8H2,1-3H3,(H,17,18). The molecule has 0 saturated carbocycles. The first-order valence-corrected chi connectivity index (χ1v) is 5.77. The van der Waals surface area contributed by atoms with Crippen LogP contribution in [0.1, 0.15) is 11.3 Å². The van der Waals surface area contributed by atoms with Crippen molar-refractivity contribution in [2.75, 3.05) is 19.0 Å². The zero-order valence-corrected chi connectivity index (χ0v) is 10.8. The van der Waals surface area contributed by atoms with E-state index in [0.717, 1.165) is 27.8 Å². The van der Waals surface area contributed by atoms with E-state index < -0.39 is 5.97 Å². The molecule has 1 aromatic carbocycles. The van der Waals surface area contributed by atoms with E-state index in [0.29, 0.717) is 0 Å². The third kappa shape index (κ3) is 2.27. The van der Waals surface area contributed by atoms with Gasteiger partial charge in [0.05, 0.1) is 11.9 Å². The van der Waals surface area contributed by atoms with Gasteiger partial charge in [0.25, 0.3) is 0 Å². The molecule has 4 heteroatoms. The maximum Gasteiger partial charge on any atom is 0.307 e. The lowest BCUT2D eigenvalue weighted by Crippen LogP contribution is -2.10. The molecule has 0 aliphatic carbocycles. The molecule has 0 saturated heterocycles. The van der Waals surface area contributed by atoms with E-state index in [9.17, 15) is 4.79 Å². The van der Waals surface area contributed by atoms with Gasteiger partial charge in [0.15, 0.2) is 0 Å². The van der Waals surface area contributed by atoms with Crippen molar-refractivity contribution in [3.63, 3.8) is 0 Å². The zero-order valence-electron chi connectivity index (χ0n) is 10.8. The van der Waals surface area contributed by atoms with Gasteiger partial charge in [-0.15, -0.1) is 0 Å². The summed E-state index contributed by atoms with van der Waals surface area (Å²) in [6.07, 6.45) is 0.000657. The maximum atomic E-state index is 10.9. The molecule has 0 spiro atoms. The van der Waals surface area contributed by atoms with Crippen molar-refractivity contribution in [2.24, 2.45) is 0 Å². The molecule has 18 heavy (non-hydrogen) atoms. The fourth-order valence-electron chi connectivity index (χ4n) is 2.09. The van der Waals surface area contributed by atoms with Crippen molar-refractivity contribution in [3.05, 3.63) is 35.5 Å². The first kappa shape index (κ1) is 12.4. The van der Waals surface area contributed by atoms with Crippen molar-refractivity contribution in [1.82, 2.24) is 4.98 Å². The smallest absolute Gasteiger partial charge is 0.307 e. The van der Waals surface area contributed by atoms with Crippen molar-refractivity contribution >= 4 is 22.6 Å². The van der Waals surface area contributed by atoms with E-state index in [2.05, 4.69) is 4.98 Å². The predicted molar refractivity (Wildman–Crippen MR) is 72.1 cm³/mol. The van der Waals surface area contributed by atoms with E-state index in [1.54, 1.807) is 0 Å². The Morgan fingerprint density at radius 1 is 1.39 bits per heavy atom. The minimum atomic E-state index is -0.836. The number of nitrogens with zero attached hydrogens (tertiary/aromatic N) is 2. The van der Waals surface area contributed by atoms with Gasteiger partial charge in [-0.2, -0.15) is 0 Å². The maximum absolute atomic E-state index is 10.9. The first-order valence-electron chi connectivity index (χ1n) is 5.77. The van der Waals surface area contributed by atoms with Crippen LogP contribution in [0.25, 0.3) is 10.9 Å². The molecule has 0 fully saturated rings. The Morgan fingerprint density at radius 2 is 2.11 bits per heavy atom. The molecule has 2 aromatic rings. The summed E-state index contributed by atoms with van der Waals surface area (Å²) in [5.74, 6) is -0.836. The van der Waals surface area contributed by atoms with Crippen LogP contribution in [0.15, 0.2) is 24.3 Å². The summed E-state index contributed by atoms with van der Waals surface area (Å²) < 4.78 is 0. The second-order valence-electron chi connectivity index (χ2n) is 4.56. The number of para-hydroxylation sites is 1. The van der Waals surface area contributed by atoms with Crippen LogP contribution < -0.4 is 4.90 Å². The Balaban J connectivity index is 2.73. The van der Waals surface area contributed by atoms with E-state index in [1.807, 2.05) is 50.2 Å². The number of carbonyl (C=O) groups is 1. The normalized spacial score (nSPS) is 10.6. The van der Waals surface area contributed by atoms with Crippen molar-refractivity contribution in [3.8, 4) is 0 Å². The molecule has 4 nitrogen and oxygen atoms in total. The van der Waals surface area contributed by atoms with Crippen molar-refractivity contribution in [2.45, 2.75) is 13.3 Å². The molecule has 0 unspecified atom stereocenters. The molecular weight excluding hydrogens is 228 g/mol. The second-order valence-corrected chi connectivity index (χ2v) is 4.56. The number of fused-ring (bicyclic) bond motifs is 1. The van der Waals surface area contributed by atoms with Crippen LogP contribution in [0.5, 0.6) is 0 Å². The molecule has 94 valence electrons. The minimum Gasteiger partial charge on any atom is -0.481 e. The van der Waals surface area contributed by atoms with Gasteiger partial charge in [0, 0.05) is 30.9 Å². The molecule has 0 radical (unpaired) electrons. The fourth-order valence-corrected chi connectivity index (χ4v) is 2.09. The predicted octanol–water partition coefficient (Wildman–Crippen LogP) is 2.24. The molecule has 0 bridgehead atoms. The number of aromatic nitrogens is 1. The van der Waals surface area contributed by atoms with Gasteiger partial charge in [-0.3, -0.25) is 9.78 Å². The van der Waals surface area contributed by atoms with Crippen LogP contribution in [-0.2, 0) is 11.2 Å². The molecular formula is C14H16N2O2. The van der Waals surface area contributed by atoms with Crippen LogP contribution in [0, 0.1) is 6.92 Å². The number of benzene rings is 1. The Labute approximate surface area is 106 Å². The number of aryl methyl sites for hydroxylation is 1. The lowest BCUT2D eigenvalue weighted by Gasteiger charge is -2.17. The number of hydrogen-bond donors (Lipinski definition) is 1. The van der Waals surface area contributed by atoms with E-state index in [1.165, 1.54) is 0 Å². The third-order valence-corrected chi connectivity index (χ3v) is 2.85. The van der Waals surface area contributed by atoms with Crippen LogP contribution in [0.4, 0.5) is 5.69 Å². The Morgan fingerprint density at radius 3 is 2.72 bits per heavy atom. The highest BCUT2D eigenvalue weighted by atomic mass is 16.4. The fraction of sp³-hybridized carbons (Fsp3) is 0.286. The van der Waals surface area contributed by atoms with Crippen LogP contribution in [-0.4, -0.2) is 30.2 Å². The van der Waals surface area contributed by atoms with Crippen LogP contribution in [0.2, 0.25) is 0 Å². The van der Waals surface area contributed by atoms with Gasteiger partial charge >= 0.3 is 5.97 Å². The summed E-state index contributed by atoms with van der Waals surface area (Å²) in [5.41, 5.74) is 3.49. The highest BCUT2D eigenvalue weighted by Gasteiger charge is 2.11. The van der Waals surface area contributed by atoms with E-state index >= 15 is 0 Å². The highest BCUT2D eigenvalue weighted by molar-refractivity contribution is 5.95. The zero-order chi connectivity index (χ0) is 13.3. The van der Waals surface area contributed by atoms with Gasteiger partial charge in [0.1, 0.15) is 0 Å². The van der Waals surface area contributed by atoms with Gasteiger partial charge in [-0.1, -0.05) is 18.2 Å². The van der Waals surface area contributed by atoms with Crippen molar-refractivity contribution < 1.29 is 9.90 Å². The number of anilines is 1. The summed E-state index contributed by atoms with van der Waals surface area (Å²) in [6, 6.07) is 7.68. The van der Waals surface area contributed by atoms with Gasteiger partial charge in [-0.25, -0.2) is 0 Å². The Bertz CT molecular complexity index is 606. The number of hydrogen-bond acceptors (Lipinski definition) is 3. The Hall–Kier alpha value is -2.10. The highest BCUT2D eigenvalue weighted by Crippen LogP contribution is 2.27. The average Bonchev–Trinajstić information content (AvgIpc) is 2.28. The van der Waals surface area contributed by atoms with Gasteiger partial charge in [-0.05, 0) is 18.6 Å². The van der Waals surface area contributed by atoms with Gasteiger partial charge in [0.2, 0.25) is 0 Å². The number of carboxylic acid groups (broad SMARTS) is 1. The lowest BCUT2D eigenvalue weighted by atomic mass is 10.0. The van der Waals surface area contributed by atoms with Crippen LogP contribution in [0.3, 0.4) is 0 Å². The third-order valence-electron chi connectivity index (χ3n) is 2.85. The molecule has 1 N–H and O–H groups in total. The first-order chi connectivity index (χ1) is 8.49. The SMILES string of the molecule is Cc1cc(N(C)C)c2cccc(CC(=O)O)c2n1. The van der Waals surface area contributed by atoms with E-state index in [4.69, 9.17) is 5.11 Å². The van der Waals surface area contributed by atoms with Crippen molar-refractivity contribution in [1.29, 1.82) is 0 Å². The number of pyridine rings is 1.